The van der Waals surface area contributed by atoms with Crippen LogP contribution >= 0.6 is 11.6 Å². The van der Waals surface area contributed by atoms with Gasteiger partial charge in [0.15, 0.2) is 11.5 Å². The molecule has 0 radical (unpaired) electrons. The lowest BCUT2D eigenvalue weighted by molar-refractivity contribution is 0.271. The molecule has 6 heteroatoms. The Morgan fingerprint density at radius 2 is 2.24 bits per heavy atom. The van der Waals surface area contributed by atoms with Gasteiger partial charge in [0.1, 0.15) is 6.61 Å². The molecule has 1 N–H and O–H groups in total. The Labute approximate surface area is 129 Å². The van der Waals surface area contributed by atoms with Gasteiger partial charge in [0.2, 0.25) is 0 Å². The maximum atomic E-state index is 6.12. The number of hydrogen-bond donors (Lipinski definition) is 1. The van der Waals surface area contributed by atoms with Crippen molar-refractivity contribution in [1.29, 1.82) is 0 Å². The molecule has 0 aliphatic heterocycles. The molecule has 5 nitrogen and oxygen atoms in total. The van der Waals surface area contributed by atoms with Crippen LogP contribution in [0.25, 0.3) is 0 Å². The van der Waals surface area contributed by atoms with Crippen LogP contribution in [0.4, 0.5) is 0 Å². The molecular weight excluding hydrogens is 290 g/mol. The SMILES string of the molecule is CCNCc1cc(Cl)cc(OC)c1OCCn1cccn1. The van der Waals surface area contributed by atoms with Gasteiger partial charge >= 0.3 is 0 Å². The van der Waals surface area contributed by atoms with E-state index in [1.54, 1.807) is 19.4 Å². The van der Waals surface area contributed by atoms with Crippen LogP contribution in [-0.2, 0) is 13.1 Å². The molecule has 2 aromatic rings. The third kappa shape index (κ3) is 4.37. The molecule has 2 rings (SSSR count). The highest BCUT2D eigenvalue weighted by molar-refractivity contribution is 6.30. The van der Waals surface area contributed by atoms with E-state index in [-0.39, 0.29) is 0 Å². The molecule has 0 saturated heterocycles. The number of methoxy groups -OCH3 is 1. The predicted octanol–water partition coefficient (Wildman–Crippen LogP) is 2.73. The minimum atomic E-state index is 0.513. The number of ether oxygens (including phenoxy) is 2. The number of hydrogen-bond acceptors (Lipinski definition) is 4. The molecule has 0 fully saturated rings. The Bertz CT molecular complexity index is 558. The van der Waals surface area contributed by atoms with Crippen LogP contribution in [-0.4, -0.2) is 30.0 Å². The van der Waals surface area contributed by atoms with Crippen LogP contribution in [0.15, 0.2) is 30.6 Å². The first-order valence-electron chi connectivity index (χ1n) is 6.92. The lowest BCUT2D eigenvalue weighted by Crippen LogP contribution is -2.15. The first-order chi connectivity index (χ1) is 10.2. The van der Waals surface area contributed by atoms with E-state index in [4.69, 9.17) is 21.1 Å². The fourth-order valence-corrected chi connectivity index (χ4v) is 2.23. The second kappa shape index (κ2) is 7.90. The summed E-state index contributed by atoms with van der Waals surface area (Å²) in [6, 6.07) is 5.55. The lowest BCUT2D eigenvalue weighted by atomic mass is 10.2. The van der Waals surface area contributed by atoms with Crippen molar-refractivity contribution in [1.82, 2.24) is 15.1 Å². The zero-order valence-corrected chi connectivity index (χ0v) is 13.1. The third-order valence-corrected chi connectivity index (χ3v) is 3.23. The predicted molar refractivity (Wildman–Crippen MR) is 83.1 cm³/mol. The summed E-state index contributed by atoms with van der Waals surface area (Å²) in [6.45, 7) is 4.81. The second-order valence-electron chi connectivity index (χ2n) is 4.49. The van der Waals surface area contributed by atoms with Crippen LogP contribution in [0.3, 0.4) is 0 Å². The van der Waals surface area contributed by atoms with E-state index < -0.39 is 0 Å². The van der Waals surface area contributed by atoms with Crippen molar-refractivity contribution in [3.05, 3.63) is 41.2 Å². The van der Waals surface area contributed by atoms with Gasteiger partial charge in [-0.1, -0.05) is 18.5 Å². The average Bonchev–Trinajstić information content (AvgIpc) is 2.99. The smallest absolute Gasteiger partial charge is 0.165 e. The number of nitrogens with zero attached hydrogens (tertiary/aromatic N) is 2. The number of benzene rings is 1. The minimum Gasteiger partial charge on any atom is -0.493 e. The largest absolute Gasteiger partial charge is 0.493 e. The first kappa shape index (κ1) is 15.7. The maximum Gasteiger partial charge on any atom is 0.165 e. The van der Waals surface area contributed by atoms with Gasteiger partial charge in [0, 0.05) is 35.6 Å². The van der Waals surface area contributed by atoms with E-state index in [0.717, 1.165) is 17.9 Å². The second-order valence-corrected chi connectivity index (χ2v) is 4.93. The van der Waals surface area contributed by atoms with Crippen LogP contribution in [0, 0.1) is 0 Å². The van der Waals surface area contributed by atoms with Crippen LogP contribution in [0.5, 0.6) is 11.5 Å². The highest BCUT2D eigenvalue weighted by Gasteiger charge is 2.12. The molecule has 0 spiro atoms. The van der Waals surface area contributed by atoms with Crippen molar-refractivity contribution in [2.24, 2.45) is 0 Å². The monoisotopic (exact) mass is 309 g/mol. The molecule has 21 heavy (non-hydrogen) atoms. The summed E-state index contributed by atoms with van der Waals surface area (Å²) < 4.78 is 13.1. The van der Waals surface area contributed by atoms with Crippen molar-refractivity contribution < 1.29 is 9.47 Å². The van der Waals surface area contributed by atoms with Gasteiger partial charge in [-0.05, 0) is 18.7 Å². The molecule has 1 aromatic heterocycles. The van der Waals surface area contributed by atoms with Crippen LogP contribution in [0.1, 0.15) is 12.5 Å². The molecule has 1 heterocycles. The van der Waals surface area contributed by atoms with Gasteiger partial charge < -0.3 is 14.8 Å². The van der Waals surface area contributed by atoms with Gasteiger partial charge in [-0.2, -0.15) is 5.10 Å². The van der Waals surface area contributed by atoms with Crippen molar-refractivity contribution in [2.75, 3.05) is 20.3 Å². The summed E-state index contributed by atoms with van der Waals surface area (Å²) in [5.41, 5.74) is 0.988. The van der Waals surface area contributed by atoms with Crippen molar-refractivity contribution in [3.63, 3.8) is 0 Å². The highest BCUT2D eigenvalue weighted by Crippen LogP contribution is 2.34. The molecule has 1 aromatic carbocycles. The normalized spacial score (nSPS) is 10.6. The van der Waals surface area contributed by atoms with E-state index in [9.17, 15) is 0 Å². The van der Waals surface area contributed by atoms with Crippen molar-refractivity contribution >= 4 is 11.6 Å². The van der Waals surface area contributed by atoms with E-state index in [1.807, 2.05) is 23.0 Å². The third-order valence-electron chi connectivity index (χ3n) is 3.01. The molecule has 0 aliphatic carbocycles. The minimum absolute atomic E-state index is 0.513. The number of rotatable bonds is 8. The van der Waals surface area contributed by atoms with Crippen LogP contribution < -0.4 is 14.8 Å². The summed E-state index contributed by atoms with van der Waals surface area (Å²) in [5.74, 6) is 1.38. The zero-order chi connectivity index (χ0) is 15.1. The average molecular weight is 310 g/mol. The molecule has 0 amide bonds. The summed E-state index contributed by atoms with van der Waals surface area (Å²) in [6.07, 6.45) is 3.65. The van der Waals surface area contributed by atoms with Crippen LogP contribution in [0.2, 0.25) is 5.02 Å². The molecule has 0 atom stereocenters. The number of aromatic nitrogens is 2. The molecular formula is C15H20ClN3O2. The van der Waals surface area contributed by atoms with Gasteiger partial charge in [-0.3, -0.25) is 4.68 Å². The van der Waals surface area contributed by atoms with Crippen molar-refractivity contribution in [3.8, 4) is 11.5 Å². The molecule has 0 aliphatic rings. The van der Waals surface area contributed by atoms with Crippen molar-refractivity contribution in [2.45, 2.75) is 20.0 Å². The molecule has 0 bridgehead atoms. The van der Waals surface area contributed by atoms with E-state index in [0.29, 0.717) is 30.5 Å². The summed E-state index contributed by atoms with van der Waals surface area (Å²) in [5, 5.41) is 8.06. The van der Waals surface area contributed by atoms with E-state index in [2.05, 4.69) is 17.3 Å². The molecule has 114 valence electrons. The first-order valence-corrected chi connectivity index (χ1v) is 7.29. The number of nitrogens with one attached hydrogen (secondary N) is 1. The summed E-state index contributed by atoms with van der Waals surface area (Å²) in [4.78, 5) is 0. The summed E-state index contributed by atoms with van der Waals surface area (Å²) >= 11 is 6.12. The Hall–Kier alpha value is -1.72. The molecule has 0 saturated carbocycles. The van der Waals surface area contributed by atoms with Gasteiger partial charge in [0.05, 0.1) is 13.7 Å². The standard InChI is InChI=1S/C15H20ClN3O2/c1-3-17-11-12-9-13(16)10-14(20-2)15(12)21-8-7-19-6-4-5-18-19/h4-6,9-10,17H,3,7-8,11H2,1-2H3. The summed E-state index contributed by atoms with van der Waals surface area (Å²) in [7, 11) is 1.61. The van der Waals surface area contributed by atoms with E-state index >= 15 is 0 Å². The zero-order valence-electron chi connectivity index (χ0n) is 12.3. The quantitative estimate of drug-likeness (QED) is 0.814. The van der Waals surface area contributed by atoms with Gasteiger partial charge in [-0.15, -0.1) is 0 Å². The number of halogens is 1. The van der Waals surface area contributed by atoms with E-state index in [1.165, 1.54) is 0 Å². The fourth-order valence-electron chi connectivity index (χ4n) is 2.00. The Morgan fingerprint density at radius 1 is 1.38 bits per heavy atom. The molecule has 0 unspecified atom stereocenters. The Balaban J connectivity index is 2.10. The maximum absolute atomic E-state index is 6.12. The Morgan fingerprint density at radius 3 is 2.90 bits per heavy atom. The Kier molecular flexibility index (Phi) is 5.90. The van der Waals surface area contributed by atoms with Gasteiger partial charge in [0.25, 0.3) is 0 Å². The topological polar surface area (TPSA) is 48.3 Å². The highest BCUT2D eigenvalue weighted by atomic mass is 35.5. The van der Waals surface area contributed by atoms with Gasteiger partial charge in [-0.25, -0.2) is 0 Å². The fraction of sp³-hybridized carbons (Fsp3) is 0.400. The lowest BCUT2D eigenvalue weighted by Gasteiger charge is -2.16.